The van der Waals surface area contributed by atoms with Crippen LogP contribution in [0.1, 0.15) is 31.4 Å². The average Bonchev–Trinajstić information content (AvgIpc) is 2.39. The molecule has 1 fully saturated rings. The Morgan fingerprint density at radius 2 is 2.24 bits per heavy atom. The van der Waals surface area contributed by atoms with Crippen molar-refractivity contribution in [3.05, 3.63) is 29.8 Å². The van der Waals surface area contributed by atoms with Gasteiger partial charge in [-0.15, -0.1) is 0 Å². The maximum Gasteiger partial charge on any atom is 0.0476 e. The molecule has 0 bridgehead atoms. The molecule has 1 aromatic rings. The van der Waals surface area contributed by atoms with Gasteiger partial charge < -0.3 is 15.7 Å². The summed E-state index contributed by atoms with van der Waals surface area (Å²) in [4.78, 5) is 2.36. The Hall–Kier alpha value is -1.06. The van der Waals surface area contributed by atoms with E-state index in [9.17, 15) is 5.11 Å². The summed E-state index contributed by atoms with van der Waals surface area (Å²) in [6.07, 6.45) is 2.28. The molecule has 0 aromatic heterocycles. The summed E-state index contributed by atoms with van der Waals surface area (Å²) in [6.45, 7) is 4.32. The van der Waals surface area contributed by atoms with Gasteiger partial charge in [0.2, 0.25) is 0 Å². The summed E-state index contributed by atoms with van der Waals surface area (Å²) >= 11 is 0. The maximum atomic E-state index is 9.28. The number of benzene rings is 1. The lowest BCUT2D eigenvalue weighted by molar-refractivity contribution is 0.208. The van der Waals surface area contributed by atoms with Gasteiger partial charge in [0.1, 0.15) is 0 Å². The lowest BCUT2D eigenvalue weighted by Crippen LogP contribution is -2.37. The molecule has 0 radical (unpaired) electrons. The fourth-order valence-corrected chi connectivity index (χ4v) is 2.59. The Morgan fingerprint density at radius 1 is 1.47 bits per heavy atom. The highest BCUT2D eigenvalue weighted by atomic mass is 16.3. The molecule has 3 heteroatoms. The number of hydrogen-bond acceptors (Lipinski definition) is 3. The standard InChI is InChI=1S/C14H22N2O/c1-11(15)13-6-2-3-7-14(13)16-8-4-5-12(9-16)10-17/h2-3,6-7,11-12,17H,4-5,8-10,15H2,1H3/t11-,12?/m0/s1. The third-order valence-electron chi connectivity index (χ3n) is 3.55. The highest BCUT2D eigenvalue weighted by Gasteiger charge is 2.21. The van der Waals surface area contributed by atoms with Crippen LogP contribution >= 0.6 is 0 Å². The van der Waals surface area contributed by atoms with Crippen molar-refractivity contribution in [2.75, 3.05) is 24.6 Å². The molecular weight excluding hydrogens is 212 g/mol. The van der Waals surface area contributed by atoms with E-state index < -0.39 is 0 Å². The number of piperidine rings is 1. The zero-order valence-corrected chi connectivity index (χ0v) is 10.5. The fraction of sp³-hybridized carbons (Fsp3) is 0.571. The van der Waals surface area contributed by atoms with Crippen LogP contribution in [-0.2, 0) is 0 Å². The van der Waals surface area contributed by atoms with E-state index in [1.807, 2.05) is 13.0 Å². The summed E-state index contributed by atoms with van der Waals surface area (Å²) < 4.78 is 0. The largest absolute Gasteiger partial charge is 0.396 e. The second-order valence-corrected chi connectivity index (χ2v) is 4.98. The van der Waals surface area contributed by atoms with Gasteiger partial charge in [0.25, 0.3) is 0 Å². The molecule has 1 heterocycles. The summed E-state index contributed by atoms with van der Waals surface area (Å²) in [6, 6.07) is 8.39. The molecular formula is C14H22N2O. The minimum Gasteiger partial charge on any atom is -0.396 e. The molecule has 0 amide bonds. The second-order valence-electron chi connectivity index (χ2n) is 4.98. The van der Waals surface area contributed by atoms with Gasteiger partial charge >= 0.3 is 0 Å². The second kappa shape index (κ2) is 5.52. The molecule has 2 atom stereocenters. The van der Waals surface area contributed by atoms with Crippen LogP contribution in [-0.4, -0.2) is 24.8 Å². The van der Waals surface area contributed by atoms with Crippen molar-refractivity contribution < 1.29 is 5.11 Å². The molecule has 3 nitrogen and oxygen atoms in total. The molecule has 1 aliphatic heterocycles. The van der Waals surface area contributed by atoms with Gasteiger partial charge in [0, 0.05) is 31.4 Å². The van der Waals surface area contributed by atoms with Crippen molar-refractivity contribution in [2.45, 2.75) is 25.8 Å². The molecule has 17 heavy (non-hydrogen) atoms. The van der Waals surface area contributed by atoms with Crippen molar-refractivity contribution in [1.29, 1.82) is 0 Å². The maximum absolute atomic E-state index is 9.28. The van der Waals surface area contributed by atoms with Crippen LogP contribution in [0, 0.1) is 5.92 Å². The normalized spacial score (nSPS) is 22.5. The van der Waals surface area contributed by atoms with Crippen LogP contribution in [0.3, 0.4) is 0 Å². The first-order valence-electron chi connectivity index (χ1n) is 6.42. The number of rotatable bonds is 3. The Morgan fingerprint density at radius 3 is 2.94 bits per heavy atom. The summed E-state index contributed by atoms with van der Waals surface area (Å²) in [5.41, 5.74) is 8.45. The van der Waals surface area contributed by atoms with Gasteiger partial charge in [-0.05, 0) is 37.3 Å². The number of anilines is 1. The van der Waals surface area contributed by atoms with Gasteiger partial charge in [-0.25, -0.2) is 0 Å². The Labute approximate surface area is 103 Å². The van der Waals surface area contributed by atoms with Crippen molar-refractivity contribution in [3.8, 4) is 0 Å². The molecule has 3 N–H and O–H groups in total. The predicted octanol–water partition coefficient (Wildman–Crippen LogP) is 1.92. The van der Waals surface area contributed by atoms with Gasteiger partial charge in [-0.3, -0.25) is 0 Å². The van der Waals surface area contributed by atoms with Crippen molar-refractivity contribution in [2.24, 2.45) is 11.7 Å². The first kappa shape index (κ1) is 12.4. The van der Waals surface area contributed by atoms with E-state index in [0.29, 0.717) is 5.92 Å². The summed E-state index contributed by atoms with van der Waals surface area (Å²) in [5, 5.41) is 9.28. The van der Waals surface area contributed by atoms with E-state index in [1.165, 1.54) is 11.3 Å². The highest BCUT2D eigenvalue weighted by Crippen LogP contribution is 2.28. The number of para-hydroxylation sites is 1. The predicted molar refractivity (Wildman–Crippen MR) is 71.1 cm³/mol. The van der Waals surface area contributed by atoms with Crippen molar-refractivity contribution >= 4 is 5.69 Å². The van der Waals surface area contributed by atoms with E-state index in [4.69, 9.17) is 5.73 Å². The van der Waals surface area contributed by atoms with Crippen LogP contribution in [0.2, 0.25) is 0 Å². The van der Waals surface area contributed by atoms with Gasteiger partial charge in [0.15, 0.2) is 0 Å². The molecule has 2 rings (SSSR count). The van der Waals surface area contributed by atoms with Crippen LogP contribution in [0.25, 0.3) is 0 Å². The van der Waals surface area contributed by atoms with Crippen LogP contribution in [0.15, 0.2) is 24.3 Å². The zero-order valence-electron chi connectivity index (χ0n) is 10.5. The summed E-state index contributed by atoms with van der Waals surface area (Å²) in [7, 11) is 0. The lowest BCUT2D eigenvalue weighted by atomic mass is 9.97. The van der Waals surface area contributed by atoms with E-state index in [2.05, 4.69) is 23.1 Å². The molecule has 0 saturated carbocycles. The highest BCUT2D eigenvalue weighted by molar-refractivity contribution is 5.55. The molecule has 0 aliphatic carbocycles. The molecule has 1 aliphatic rings. The smallest absolute Gasteiger partial charge is 0.0476 e. The van der Waals surface area contributed by atoms with Crippen molar-refractivity contribution in [3.63, 3.8) is 0 Å². The van der Waals surface area contributed by atoms with Crippen LogP contribution in [0.4, 0.5) is 5.69 Å². The summed E-state index contributed by atoms with van der Waals surface area (Å²) in [5.74, 6) is 0.407. The van der Waals surface area contributed by atoms with E-state index in [-0.39, 0.29) is 12.6 Å². The fourth-order valence-electron chi connectivity index (χ4n) is 2.59. The molecule has 1 unspecified atom stereocenters. The quantitative estimate of drug-likeness (QED) is 0.840. The van der Waals surface area contributed by atoms with Crippen molar-refractivity contribution in [1.82, 2.24) is 0 Å². The topological polar surface area (TPSA) is 49.5 Å². The Kier molecular flexibility index (Phi) is 4.02. The number of hydrogen-bond donors (Lipinski definition) is 2. The van der Waals surface area contributed by atoms with E-state index in [0.717, 1.165) is 25.9 Å². The third-order valence-corrected chi connectivity index (χ3v) is 3.55. The average molecular weight is 234 g/mol. The minimum atomic E-state index is 0.0562. The Bertz CT molecular complexity index is 365. The van der Waals surface area contributed by atoms with E-state index in [1.54, 1.807) is 0 Å². The number of nitrogens with two attached hydrogens (primary N) is 1. The lowest BCUT2D eigenvalue weighted by Gasteiger charge is -2.35. The van der Waals surface area contributed by atoms with Crippen LogP contribution in [0.5, 0.6) is 0 Å². The molecule has 0 spiro atoms. The van der Waals surface area contributed by atoms with E-state index >= 15 is 0 Å². The van der Waals surface area contributed by atoms with Gasteiger partial charge in [-0.1, -0.05) is 18.2 Å². The van der Waals surface area contributed by atoms with Gasteiger partial charge in [0.05, 0.1) is 0 Å². The molecule has 1 aromatic carbocycles. The minimum absolute atomic E-state index is 0.0562. The van der Waals surface area contributed by atoms with Crippen LogP contribution < -0.4 is 10.6 Å². The first-order valence-corrected chi connectivity index (χ1v) is 6.42. The monoisotopic (exact) mass is 234 g/mol. The number of aliphatic hydroxyl groups excluding tert-OH is 1. The SMILES string of the molecule is C[C@H](N)c1ccccc1N1CCCC(CO)C1. The third kappa shape index (κ3) is 2.79. The molecule has 94 valence electrons. The Balaban J connectivity index is 2.21. The zero-order chi connectivity index (χ0) is 12.3. The molecule has 1 saturated heterocycles. The number of nitrogens with zero attached hydrogens (tertiary/aromatic N) is 1. The number of aliphatic hydroxyl groups is 1. The van der Waals surface area contributed by atoms with Gasteiger partial charge in [-0.2, -0.15) is 0 Å². The first-order chi connectivity index (χ1) is 8.22.